The zero-order valence-corrected chi connectivity index (χ0v) is 25.7. The number of nitrogens with one attached hydrogen (secondary N) is 1. The molecule has 4 rings (SSSR count). The van der Waals surface area contributed by atoms with Gasteiger partial charge in [-0.3, -0.25) is 9.59 Å². The quantitative estimate of drug-likeness (QED) is 0.290. The van der Waals surface area contributed by atoms with E-state index in [1.807, 2.05) is 19.1 Å². The summed E-state index contributed by atoms with van der Waals surface area (Å²) in [5.74, 6) is -2.23. The minimum atomic E-state index is -1.55. The minimum absolute atomic E-state index is 0.0441. The van der Waals surface area contributed by atoms with Gasteiger partial charge in [-0.15, -0.1) is 0 Å². The first-order valence-corrected chi connectivity index (χ1v) is 15.5. The predicted molar refractivity (Wildman–Crippen MR) is 153 cm³/mol. The molecule has 0 unspecified atom stereocenters. The fourth-order valence-electron chi connectivity index (χ4n) is 6.53. The Hall–Kier alpha value is -3.11. The lowest BCUT2D eigenvalue weighted by molar-refractivity contribution is -0.157. The molecule has 234 valence electrons. The van der Waals surface area contributed by atoms with Gasteiger partial charge in [-0.1, -0.05) is 31.9 Å². The molecule has 0 aromatic carbocycles. The van der Waals surface area contributed by atoms with Crippen LogP contribution in [0.3, 0.4) is 0 Å². The van der Waals surface area contributed by atoms with Crippen LogP contribution in [-0.4, -0.2) is 82.8 Å². The summed E-state index contributed by atoms with van der Waals surface area (Å²) in [5, 5.41) is 2.79. The molecule has 2 saturated carbocycles. The standard InChI is InChI=1S/C31H47N3O8/c1-20-17-24-26(36)34(29(39)42-30(2,3)4)31(27(37)40-5)18-21(31)13-9-7-6-8-10-16-23(25(35)33(24)19-20)32-28(38)41-22-14-11-12-15-22/h9,13,20-24H,6-8,10-12,14-19H2,1-5H3,(H,32,38)/b13-9-/t20-,21+,23+,24+,31-/m1/s1. The van der Waals surface area contributed by atoms with E-state index in [-0.39, 0.29) is 25.0 Å². The summed E-state index contributed by atoms with van der Waals surface area (Å²) in [6.07, 6.45) is 9.80. The number of ether oxygens (including phenoxy) is 3. The first kappa shape index (κ1) is 31.8. The molecule has 0 aromatic rings. The van der Waals surface area contributed by atoms with E-state index in [0.29, 0.717) is 19.3 Å². The molecule has 0 spiro atoms. The van der Waals surface area contributed by atoms with Gasteiger partial charge in [0.15, 0.2) is 5.54 Å². The van der Waals surface area contributed by atoms with Crippen LogP contribution in [0.2, 0.25) is 0 Å². The van der Waals surface area contributed by atoms with Gasteiger partial charge in [-0.05, 0) is 84.5 Å². The number of fused-ring (bicyclic) bond motifs is 2. The van der Waals surface area contributed by atoms with Crippen molar-refractivity contribution in [2.75, 3.05) is 13.7 Å². The summed E-state index contributed by atoms with van der Waals surface area (Å²) in [7, 11) is 1.23. The molecule has 2 heterocycles. The van der Waals surface area contributed by atoms with Crippen LogP contribution in [-0.2, 0) is 28.6 Å². The lowest BCUT2D eigenvalue weighted by Crippen LogP contribution is -2.60. The molecule has 4 aliphatic rings. The average Bonchev–Trinajstić information content (AvgIpc) is 3.21. The zero-order chi connectivity index (χ0) is 30.7. The maximum Gasteiger partial charge on any atom is 0.418 e. The van der Waals surface area contributed by atoms with Crippen molar-refractivity contribution in [2.45, 2.75) is 128 Å². The molecule has 42 heavy (non-hydrogen) atoms. The number of esters is 1. The molecule has 11 nitrogen and oxygen atoms in total. The summed E-state index contributed by atoms with van der Waals surface area (Å²) in [6, 6.07) is -1.88. The van der Waals surface area contributed by atoms with E-state index in [2.05, 4.69) is 5.32 Å². The van der Waals surface area contributed by atoms with Gasteiger partial charge in [0.1, 0.15) is 23.8 Å². The molecule has 0 bridgehead atoms. The van der Waals surface area contributed by atoms with Gasteiger partial charge in [0, 0.05) is 12.5 Å². The van der Waals surface area contributed by atoms with Crippen LogP contribution in [0.5, 0.6) is 0 Å². The number of alkyl carbamates (subject to hydrolysis) is 1. The molecule has 2 aliphatic heterocycles. The van der Waals surface area contributed by atoms with E-state index >= 15 is 0 Å². The Kier molecular flexibility index (Phi) is 9.88. The maximum atomic E-state index is 14.4. The molecular formula is C31H47N3O8. The number of hydrogen-bond acceptors (Lipinski definition) is 8. The fraction of sp³-hybridized carbons (Fsp3) is 0.774. The molecular weight excluding hydrogens is 542 g/mol. The second kappa shape index (κ2) is 13.0. The Balaban J connectivity index is 1.68. The van der Waals surface area contributed by atoms with Gasteiger partial charge in [-0.25, -0.2) is 19.3 Å². The number of rotatable bonds is 3. The number of carbonyl (C=O) groups is 5. The SMILES string of the molecule is COC(=O)[C@@]12C[C@@H]1/C=C\CCCCC[C@H](NC(=O)OC1CCCC1)C(=O)N1C[C@H](C)C[C@H]1C(=O)N2C(=O)OC(C)(C)C. The normalized spacial score (nSPS) is 31.7. The summed E-state index contributed by atoms with van der Waals surface area (Å²) in [6.45, 7) is 7.27. The number of methoxy groups -OCH3 is 1. The maximum absolute atomic E-state index is 14.4. The first-order valence-electron chi connectivity index (χ1n) is 15.5. The highest BCUT2D eigenvalue weighted by molar-refractivity contribution is 6.04. The number of hydrogen-bond donors (Lipinski definition) is 1. The smallest absolute Gasteiger partial charge is 0.418 e. The fourth-order valence-corrected chi connectivity index (χ4v) is 6.53. The number of allylic oxidation sites excluding steroid dienone is 1. The molecule has 0 aromatic heterocycles. The van der Waals surface area contributed by atoms with Crippen LogP contribution in [0.1, 0.15) is 98.3 Å². The Morgan fingerprint density at radius 3 is 2.36 bits per heavy atom. The van der Waals surface area contributed by atoms with E-state index in [0.717, 1.165) is 49.8 Å². The molecule has 3 fully saturated rings. The van der Waals surface area contributed by atoms with Gasteiger partial charge >= 0.3 is 18.2 Å². The third-order valence-electron chi connectivity index (χ3n) is 8.70. The third-order valence-corrected chi connectivity index (χ3v) is 8.70. The molecule has 11 heteroatoms. The number of amides is 4. The zero-order valence-electron chi connectivity index (χ0n) is 25.7. The first-order chi connectivity index (χ1) is 19.9. The highest BCUT2D eigenvalue weighted by atomic mass is 16.6. The number of carbonyl (C=O) groups excluding carboxylic acids is 5. The third kappa shape index (κ3) is 7.09. The summed E-state index contributed by atoms with van der Waals surface area (Å²) in [4.78, 5) is 70.6. The molecule has 4 amide bonds. The lowest BCUT2D eigenvalue weighted by atomic mass is 10.0. The second-order valence-electron chi connectivity index (χ2n) is 13.3. The van der Waals surface area contributed by atoms with Crippen molar-refractivity contribution in [3.8, 4) is 0 Å². The minimum Gasteiger partial charge on any atom is -0.467 e. The van der Waals surface area contributed by atoms with Crippen LogP contribution < -0.4 is 5.32 Å². The van der Waals surface area contributed by atoms with Crippen molar-refractivity contribution in [3.63, 3.8) is 0 Å². The van der Waals surface area contributed by atoms with Crippen molar-refractivity contribution >= 4 is 30.0 Å². The second-order valence-corrected chi connectivity index (χ2v) is 13.3. The van der Waals surface area contributed by atoms with Crippen molar-refractivity contribution in [2.24, 2.45) is 11.8 Å². The summed E-state index contributed by atoms with van der Waals surface area (Å²) >= 11 is 0. The number of nitrogens with zero attached hydrogens (tertiary/aromatic N) is 2. The van der Waals surface area contributed by atoms with Gasteiger partial charge in [0.25, 0.3) is 5.91 Å². The van der Waals surface area contributed by atoms with Gasteiger partial charge < -0.3 is 24.4 Å². The molecule has 0 radical (unpaired) electrons. The predicted octanol–water partition coefficient (Wildman–Crippen LogP) is 4.48. The van der Waals surface area contributed by atoms with Crippen LogP contribution in [0, 0.1) is 11.8 Å². The van der Waals surface area contributed by atoms with E-state index in [9.17, 15) is 24.0 Å². The molecule has 1 N–H and O–H groups in total. The molecule has 1 saturated heterocycles. The van der Waals surface area contributed by atoms with Gasteiger partial charge in [0.2, 0.25) is 5.91 Å². The number of imide groups is 1. The van der Waals surface area contributed by atoms with Gasteiger partial charge in [-0.2, -0.15) is 0 Å². The van der Waals surface area contributed by atoms with E-state index < -0.39 is 59.1 Å². The van der Waals surface area contributed by atoms with Crippen molar-refractivity contribution in [1.82, 2.24) is 15.1 Å². The van der Waals surface area contributed by atoms with Crippen LogP contribution in [0.25, 0.3) is 0 Å². The lowest BCUT2D eigenvalue weighted by Gasteiger charge is -2.35. The van der Waals surface area contributed by atoms with Crippen LogP contribution in [0.4, 0.5) is 9.59 Å². The van der Waals surface area contributed by atoms with E-state index in [1.54, 1.807) is 20.8 Å². The van der Waals surface area contributed by atoms with Crippen molar-refractivity contribution < 1.29 is 38.2 Å². The highest BCUT2D eigenvalue weighted by Gasteiger charge is 2.69. The van der Waals surface area contributed by atoms with E-state index in [4.69, 9.17) is 14.2 Å². The van der Waals surface area contributed by atoms with Crippen molar-refractivity contribution in [3.05, 3.63) is 12.2 Å². The Bertz CT molecular complexity index is 1080. The van der Waals surface area contributed by atoms with Gasteiger partial charge in [0.05, 0.1) is 7.11 Å². The molecule has 2 aliphatic carbocycles. The Labute approximate surface area is 248 Å². The Morgan fingerprint density at radius 1 is 1.00 bits per heavy atom. The van der Waals surface area contributed by atoms with Crippen LogP contribution >= 0.6 is 0 Å². The van der Waals surface area contributed by atoms with E-state index in [1.165, 1.54) is 12.0 Å². The molecule has 5 atom stereocenters. The monoisotopic (exact) mass is 589 g/mol. The van der Waals surface area contributed by atoms with Crippen LogP contribution in [0.15, 0.2) is 12.2 Å². The highest BCUT2D eigenvalue weighted by Crippen LogP contribution is 2.52. The topological polar surface area (TPSA) is 132 Å². The Morgan fingerprint density at radius 2 is 1.69 bits per heavy atom. The average molecular weight is 590 g/mol. The summed E-state index contributed by atoms with van der Waals surface area (Å²) < 4.78 is 16.4. The summed E-state index contributed by atoms with van der Waals surface area (Å²) in [5.41, 5.74) is -2.48. The largest absolute Gasteiger partial charge is 0.467 e. The van der Waals surface area contributed by atoms with Crippen molar-refractivity contribution in [1.29, 1.82) is 0 Å².